The van der Waals surface area contributed by atoms with Crippen LogP contribution in [0.15, 0.2) is 88.9 Å². The van der Waals surface area contributed by atoms with Crippen LogP contribution in [0.4, 0.5) is 11.4 Å². The van der Waals surface area contributed by atoms with Gasteiger partial charge in [-0.3, -0.25) is 28.7 Å². The Bertz CT molecular complexity index is 1600. The van der Waals surface area contributed by atoms with E-state index in [0.717, 1.165) is 22.5 Å². The SMILES string of the molecule is Cc1ccc(NC(=O)Cn2c3c(sc2=O)[C@@H](c2cccnc2)[C@@H]2C(=O)N(c4ccccc4)C(=O)[C@@H]2S3)cc1. The maximum absolute atomic E-state index is 13.8. The van der Waals surface area contributed by atoms with Crippen LogP contribution in [0.1, 0.15) is 21.9 Å². The van der Waals surface area contributed by atoms with Crippen molar-refractivity contribution in [1.29, 1.82) is 0 Å². The fourth-order valence-electron chi connectivity index (χ4n) is 4.99. The number of pyridine rings is 1. The first-order valence-corrected chi connectivity index (χ1v) is 13.7. The molecule has 1 fully saturated rings. The molecule has 0 unspecified atom stereocenters. The summed E-state index contributed by atoms with van der Waals surface area (Å²) < 4.78 is 1.41. The third-order valence-corrected chi connectivity index (χ3v) is 9.35. The summed E-state index contributed by atoms with van der Waals surface area (Å²) in [6.45, 7) is 1.76. The quantitative estimate of drug-likeness (QED) is 0.382. The van der Waals surface area contributed by atoms with Gasteiger partial charge in [-0.2, -0.15) is 0 Å². The Kier molecular flexibility index (Phi) is 6.21. The Morgan fingerprint density at radius 1 is 0.974 bits per heavy atom. The van der Waals surface area contributed by atoms with Crippen LogP contribution in [-0.4, -0.2) is 32.5 Å². The van der Waals surface area contributed by atoms with Crippen LogP contribution in [0.3, 0.4) is 0 Å². The molecule has 3 atom stereocenters. The normalized spacial score (nSPS) is 20.2. The Balaban J connectivity index is 1.40. The third kappa shape index (κ3) is 4.15. The Labute approximate surface area is 226 Å². The number of nitrogens with zero attached hydrogens (tertiary/aromatic N) is 3. The molecule has 2 aliphatic rings. The van der Waals surface area contributed by atoms with Crippen LogP contribution in [0.5, 0.6) is 0 Å². The van der Waals surface area contributed by atoms with E-state index in [4.69, 9.17) is 0 Å². The summed E-state index contributed by atoms with van der Waals surface area (Å²) in [5.41, 5.74) is 2.96. The van der Waals surface area contributed by atoms with E-state index in [1.807, 2.05) is 31.2 Å². The van der Waals surface area contributed by atoms with Crippen LogP contribution >= 0.6 is 23.1 Å². The number of amides is 3. The fourth-order valence-corrected chi connectivity index (χ4v) is 7.76. The number of para-hydroxylation sites is 1. The molecule has 2 aromatic heterocycles. The van der Waals surface area contributed by atoms with Crippen molar-refractivity contribution in [3.63, 3.8) is 0 Å². The molecule has 0 saturated carbocycles. The molecule has 190 valence electrons. The van der Waals surface area contributed by atoms with Gasteiger partial charge >= 0.3 is 4.87 Å². The van der Waals surface area contributed by atoms with E-state index in [1.165, 1.54) is 21.2 Å². The zero-order valence-corrected chi connectivity index (χ0v) is 21.9. The van der Waals surface area contributed by atoms with Crippen molar-refractivity contribution < 1.29 is 14.4 Å². The molecule has 1 N–H and O–H groups in total. The first-order chi connectivity index (χ1) is 18.4. The number of aryl methyl sites for hydroxylation is 1. The van der Waals surface area contributed by atoms with Gasteiger partial charge in [-0.1, -0.05) is 65.1 Å². The molecule has 2 aromatic carbocycles. The molecule has 6 rings (SSSR count). The van der Waals surface area contributed by atoms with Gasteiger partial charge in [-0.25, -0.2) is 4.90 Å². The summed E-state index contributed by atoms with van der Waals surface area (Å²) in [4.78, 5) is 59.4. The highest BCUT2D eigenvalue weighted by atomic mass is 32.2. The number of carbonyl (C=O) groups excluding carboxylic acids is 3. The minimum atomic E-state index is -0.735. The monoisotopic (exact) mass is 542 g/mol. The molecule has 38 heavy (non-hydrogen) atoms. The molecule has 8 nitrogen and oxygen atoms in total. The lowest BCUT2D eigenvalue weighted by Crippen LogP contribution is -2.33. The van der Waals surface area contributed by atoms with Crippen LogP contribution < -0.4 is 15.1 Å². The van der Waals surface area contributed by atoms with Gasteiger partial charge in [0.15, 0.2) is 0 Å². The number of thioether (sulfide) groups is 1. The summed E-state index contributed by atoms with van der Waals surface area (Å²) in [6, 6.07) is 19.9. The Hall–Kier alpha value is -4.02. The molecule has 1 saturated heterocycles. The van der Waals surface area contributed by atoms with E-state index >= 15 is 0 Å². The number of hydrogen-bond acceptors (Lipinski definition) is 7. The van der Waals surface area contributed by atoms with E-state index < -0.39 is 17.1 Å². The van der Waals surface area contributed by atoms with Crippen molar-refractivity contribution in [3.05, 3.63) is 105 Å². The van der Waals surface area contributed by atoms with Gasteiger partial charge in [-0.15, -0.1) is 0 Å². The van der Waals surface area contributed by atoms with Gasteiger partial charge in [0.05, 0.1) is 16.6 Å². The summed E-state index contributed by atoms with van der Waals surface area (Å²) in [5, 5.41) is 2.64. The highest BCUT2D eigenvalue weighted by Gasteiger charge is 2.56. The number of carbonyl (C=O) groups is 3. The predicted molar refractivity (Wildman–Crippen MR) is 147 cm³/mol. The maximum Gasteiger partial charge on any atom is 0.308 e. The largest absolute Gasteiger partial charge is 0.325 e. The van der Waals surface area contributed by atoms with Gasteiger partial charge in [0.1, 0.15) is 11.8 Å². The minimum Gasteiger partial charge on any atom is -0.325 e. The van der Waals surface area contributed by atoms with E-state index in [2.05, 4.69) is 10.3 Å². The lowest BCUT2D eigenvalue weighted by Gasteiger charge is -2.30. The second kappa shape index (κ2) is 9.70. The van der Waals surface area contributed by atoms with Gasteiger partial charge in [-0.05, 0) is 42.8 Å². The molecule has 0 aliphatic carbocycles. The highest BCUT2D eigenvalue weighted by Crippen LogP contribution is 2.53. The number of thiazole rings is 1. The number of benzene rings is 2. The summed E-state index contributed by atoms with van der Waals surface area (Å²) in [6.07, 6.45) is 3.31. The van der Waals surface area contributed by atoms with E-state index in [-0.39, 0.29) is 29.1 Å². The van der Waals surface area contributed by atoms with Gasteiger partial charge in [0, 0.05) is 28.9 Å². The summed E-state index contributed by atoms with van der Waals surface area (Å²) >= 11 is 2.21. The number of hydrogen-bond donors (Lipinski definition) is 1. The average Bonchev–Trinajstić information content (AvgIpc) is 3.37. The van der Waals surface area contributed by atoms with E-state index in [1.54, 1.807) is 54.9 Å². The van der Waals surface area contributed by atoms with Crippen molar-refractivity contribution in [2.75, 3.05) is 10.2 Å². The molecule has 3 amide bonds. The topological polar surface area (TPSA) is 101 Å². The Morgan fingerprint density at radius 2 is 1.74 bits per heavy atom. The zero-order chi connectivity index (χ0) is 26.4. The van der Waals surface area contributed by atoms with Crippen molar-refractivity contribution in [2.24, 2.45) is 5.92 Å². The zero-order valence-electron chi connectivity index (χ0n) is 20.2. The molecular weight excluding hydrogens is 520 g/mol. The average molecular weight is 543 g/mol. The predicted octanol–water partition coefficient (Wildman–Crippen LogP) is 4.05. The second-order valence-corrected chi connectivity index (χ2v) is 11.3. The van der Waals surface area contributed by atoms with Crippen LogP contribution in [0.25, 0.3) is 0 Å². The van der Waals surface area contributed by atoms with Gasteiger partial charge in [0.25, 0.3) is 0 Å². The standard InChI is InChI=1S/C28H22N4O4S2/c1-16-9-11-18(12-10-16)30-20(33)15-31-27-24(38-28(31)36)21(17-6-5-13-29-14-17)22-23(37-27)26(35)32(25(22)34)19-7-3-2-4-8-19/h2-14,21-23H,15H2,1H3,(H,30,33)/t21-,22-,23+/m0/s1. The molecule has 0 radical (unpaired) electrons. The molecule has 0 bridgehead atoms. The summed E-state index contributed by atoms with van der Waals surface area (Å²) in [7, 11) is 0. The lowest BCUT2D eigenvalue weighted by atomic mass is 9.84. The van der Waals surface area contributed by atoms with Crippen molar-refractivity contribution in [3.8, 4) is 0 Å². The minimum absolute atomic E-state index is 0.201. The molecule has 2 aliphatic heterocycles. The third-order valence-electron chi connectivity index (χ3n) is 6.74. The number of aromatic nitrogens is 2. The second-order valence-electron chi connectivity index (χ2n) is 9.21. The number of imide groups is 1. The molecule has 0 spiro atoms. The first kappa shape index (κ1) is 24.3. The van der Waals surface area contributed by atoms with E-state index in [0.29, 0.717) is 21.3 Å². The highest BCUT2D eigenvalue weighted by molar-refractivity contribution is 8.00. The number of nitrogens with one attached hydrogen (secondary N) is 1. The number of rotatable bonds is 5. The fraction of sp³-hybridized carbons (Fsp3) is 0.179. The number of anilines is 2. The number of fused-ring (bicyclic) bond motifs is 2. The first-order valence-electron chi connectivity index (χ1n) is 12.0. The molecule has 10 heteroatoms. The van der Waals surface area contributed by atoms with Crippen LogP contribution in [0, 0.1) is 12.8 Å². The molecular formula is C28H22N4O4S2. The summed E-state index contributed by atoms with van der Waals surface area (Å²) in [5.74, 6) is -2.21. The lowest BCUT2D eigenvalue weighted by molar-refractivity contribution is -0.122. The van der Waals surface area contributed by atoms with Gasteiger partial charge < -0.3 is 5.32 Å². The van der Waals surface area contributed by atoms with Gasteiger partial charge in [0.2, 0.25) is 17.7 Å². The van der Waals surface area contributed by atoms with Crippen molar-refractivity contribution in [2.45, 2.75) is 29.7 Å². The van der Waals surface area contributed by atoms with Crippen LogP contribution in [-0.2, 0) is 20.9 Å². The Morgan fingerprint density at radius 3 is 2.45 bits per heavy atom. The smallest absolute Gasteiger partial charge is 0.308 e. The maximum atomic E-state index is 13.8. The molecule has 4 aromatic rings. The van der Waals surface area contributed by atoms with Crippen molar-refractivity contribution >= 4 is 52.2 Å². The van der Waals surface area contributed by atoms with Crippen molar-refractivity contribution in [1.82, 2.24) is 9.55 Å². The molecule has 4 heterocycles. The van der Waals surface area contributed by atoms with E-state index in [9.17, 15) is 19.2 Å². The van der Waals surface area contributed by atoms with Crippen LogP contribution in [0.2, 0.25) is 0 Å².